The Kier molecular flexibility index (Phi) is 8.20. The van der Waals surface area contributed by atoms with Crippen molar-refractivity contribution in [1.29, 1.82) is 0 Å². The van der Waals surface area contributed by atoms with E-state index in [1.54, 1.807) is 15.9 Å². The van der Waals surface area contributed by atoms with Crippen LogP contribution in [0, 0.1) is 12.8 Å². The third-order valence-corrected chi connectivity index (χ3v) is 9.91. The number of carbonyl (C=O) groups excluding carboxylic acids is 1. The first-order valence-electron chi connectivity index (χ1n) is 14.4. The highest BCUT2D eigenvalue weighted by atomic mass is 32.2. The van der Waals surface area contributed by atoms with Gasteiger partial charge >= 0.3 is 0 Å². The average Bonchev–Trinajstić information content (AvgIpc) is 3.57. The van der Waals surface area contributed by atoms with Crippen molar-refractivity contribution in [2.75, 3.05) is 5.75 Å². The maximum absolute atomic E-state index is 14.2. The van der Waals surface area contributed by atoms with Gasteiger partial charge in [0.05, 0.1) is 29.5 Å². The summed E-state index contributed by atoms with van der Waals surface area (Å²) in [7, 11) is 0. The normalized spacial score (nSPS) is 15.8. The van der Waals surface area contributed by atoms with Gasteiger partial charge in [0.25, 0.3) is 5.56 Å². The van der Waals surface area contributed by atoms with Gasteiger partial charge in [-0.25, -0.2) is 8.97 Å². The maximum Gasteiger partial charge on any atom is 0.268 e. The SMILES string of the molecule is Cc1cccc(-n2c(=O)c3c4c(sc3n3c(SCC(=O)N[C@@H](C)CCc5ccccc5)nnc23)CO[C@H](C(C)C)C4)c1. The molecule has 0 bridgehead atoms. The van der Waals surface area contributed by atoms with Gasteiger partial charge in [-0.2, -0.15) is 0 Å². The Bertz CT molecular complexity index is 1810. The highest BCUT2D eigenvalue weighted by molar-refractivity contribution is 7.99. The second-order valence-corrected chi connectivity index (χ2v) is 13.4. The molecular weight excluding hydrogens is 567 g/mol. The second-order valence-electron chi connectivity index (χ2n) is 11.4. The van der Waals surface area contributed by atoms with Gasteiger partial charge in [0, 0.05) is 17.3 Å². The van der Waals surface area contributed by atoms with Crippen molar-refractivity contribution in [3.05, 3.63) is 86.5 Å². The molecule has 6 rings (SSSR count). The van der Waals surface area contributed by atoms with Crippen molar-refractivity contribution < 1.29 is 9.53 Å². The van der Waals surface area contributed by atoms with Crippen molar-refractivity contribution >= 4 is 45.0 Å². The lowest BCUT2D eigenvalue weighted by atomic mass is 9.96. The number of nitrogens with one attached hydrogen (secondary N) is 1. The van der Waals surface area contributed by atoms with Crippen molar-refractivity contribution in [2.45, 2.75) is 70.9 Å². The molecule has 3 aromatic heterocycles. The molecule has 42 heavy (non-hydrogen) atoms. The molecule has 1 amide bonds. The zero-order valence-corrected chi connectivity index (χ0v) is 25.9. The van der Waals surface area contributed by atoms with Crippen molar-refractivity contribution in [1.82, 2.24) is 24.5 Å². The van der Waals surface area contributed by atoms with E-state index in [-0.39, 0.29) is 29.4 Å². The molecule has 218 valence electrons. The fourth-order valence-corrected chi connectivity index (χ4v) is 7.55. The van der Waals surface area contributed by atoms with Gasteiger partial charge in [0.2, 0.25) is 11.7 Å². The van der Waals surface area contributed by atoms with Gasteiger partial charge in [0.1, 0.15) is 4.83 Å². The molecule has 8 nitrogen and oxygen atoms in total. The highest BCUT2D eigenvalue weighted by Crippen LogP contribution is 2.37. The molecule has 0 fully saturated rings. The molecule has 0 saturated carbocycles. The lowest BCUT2D eigenvalue weighted by molar-refractivity contribution is -0.119. The van der Waals surface area contributed by atoms with Crippen LogP contribution in [0.3, 0.4) is 0 Å². The number of benzene rings is 2. The minimum Gasteiger partial charge on any atom is -0.372 e. The number of fused-ring (bicyclic) bond motifs is 5. The van der Waals surface area contributed by atoms with Gasteiger partial charge in [-0.05, 0) is 61.4 Å². The van der Waals surface area contributed by atoms with Crippen molar-refractivity contribution in [2.24, 2.45) is 5.92 Å². The summed E-state index contributed by atoms with van der Waals surface area (Å²) in [6.07, 6.45) is 2.51. The van der Waals surface area contributed by atoms with Crippen LogP contribution in [0.5, 0.6) is 0 Å². The van der Waals surface area contributed by atoms with Crippen LogP contribution in [0.4, 0.5) is 0 Å². The minimum absolute atomic E-state index is 0.0459. The van der Waals surface area contributed by atoms with Crippen molar-refractivity contribution in [3.8, 4) is 5.69 Å². The van der Waals surface area contributed by atoms with Gasteiger partial charge < -0.3 is 10.1 Å². The lowest BCUT2D eigenvalue weighted by Crippen LogP contribution is -2.34. The molecule has 4 heterocycles. The smallest absolute Gasteiger partial charge is 0.268 e. The topological polar surface area (TPSA) is 90.5 Å². The molecule has 0 aliphatic carbocycles. The number of hydrogen-bond acceptors (Lipinski definition) is 7. The van der Waals surface area contributed by atoms with E-state index in [1.807, 2.05) is 60.7 Å². The summed E-state index contributed by atoms with van der Waals surface area (Å²) in [4.78, 5) is 29.0. The number of thiophene rings is 1. The summed E-state index contributed by atoms with van der Waals surface area (Å²) in [5.74, 6) is 0.923. The monoisotopic (exact) mass is 601 g/mol. The third-order valence-electron chi connectivity index (χ3n) is 7.79. The number of nitrogens with zero attached hydrogens (tertiary/aromatic N) is 4. The fraction of sp³-hybridized carbons (Fsp3) is 0.375. The number of aryl methyl sites for hydroxylation is 2. The van der Waals surface area contributed by atoms with Crippen LogP contribution in [-0.4, -0.2) is 43.0 Å². The summed E-state index contributed by atoms with van der Waals surface area (Å²) in [6, 6.07) is 18.2. The number of aromatic nitrogens is 4. The number of rotatable bonds is 9. The van der Waals surface area contributed by atoms with Crippen molar-refractivity contribution in [3.63, 3.8) is 0 Å². The van der Waals surface area contributed by atoms with Gasteiger partial charge in [-0.15, -0.1) is 21.5 Å². The zero-order chi connectivity index (χ0) is 29.4. The molecule has 1 aliphatic heterocycles. The fourth-order valence-electron chi connectivity index (χ4n) is 5.51. The Labute approximate surface area is 253 Å². The van der Waals surface area contributed by atoms with E-state index in [4.69, 9.17) is 4.74 Å². The standard InChI is InChI=1S/C32H35N5O3S2/c1-19(2)25-16-24-26(17-40-25)42-30-28(24)29(39)36(23-12-8-9-20(3)15-23)31-34-35-32(37(30)31)41-18-27(38)33-21(4)13-14-22-10-6-5-7-11-22/h5-12,15,19,21,25H,13-14,16-18H2,1-4H3,(H,33,38)/t21-,25-/m0/s1. The number of thioether (sulfide) groups is 1. The molecule has 0 radical (unpaired) electrons. The van der Waals surface area contributed by atoms with E-state index < -0.39 is 0 Å². The van der Waals surface area contributed by atoms with Crippen LogP contribution in [0.2, 0.25) is 0 Å². The van der Waals surface area contributed by atoms with Crippen LogP contribution in [0.15, 0.2) is 64.5 Å². The largest absolute Gasteiger partial charge is 0.372 e. The van der Waals surface area contributed by atoms with Crippen LogP contribution >= 0.6 is 23.1 Å². The van der Waals surface area contributed by atoms with E-state index >= 15 is 0 Å². The molecule has 0 saturated heterocycles. The molecule has 2 aromatic carbocycles. The predicted molar refractivity (Wildman–Crippen MR) is 169 cm³/mol. The summed E-state index contributed by atoms with van der Waals surface area (Å²) in [5.41, 5.74) is 4.01. The third kappa shape index (κ3) is 5.63. The number of ether oxygens (including phenoxy) is 1. The van der Waals surface area contributed by atoms with Crippen LogP contribution in [-0.2, 0) is 29.0 Å². The summed E-state index contributed by atoms with van der Waals surface area (Å²) in [6.45, 7) is 8.82. The molecule has 1 N–H and O–H groups in total. The van der Waals surface area contributed by atoms with Gasteiger partial charge in [-0.3, -0.25) is 9.59 Å². The summed E-state index contributed by atoms with van der Waals surface area (Å²) < 4.78 is 9.76. The van der Waals surface area contributed by atoms with Gasteiger partial charge in [-0.1, -0.05) is 68.1 Å². The minimum atomic E-state index is -0.0982. The molecular formula is C32H35N5O3S2. The maximum atomic E-state index is 14.2. The van der Waals surface area contributed by atoms with Crippen LogP contribution in [0.1, 0.15) is 48.8 Å². The first-order valence-corrected chi connectivity index (χ1v) is 16.2. The Morgan fingerprint density at radius 2 is 1.95 bits per heavy atom. The Morgan fingerprint density at radius 1 is 1.14 bits per heavy atom. The molecule has 2 atom stereocenters. The van der Waals surface area contributed by atoms with Crippen LogP contribution in [0.25, 0.3) is 21.7 Å². The number of carbonyl (C=O) groups is 1. The summed E-state index contributed by atoms with van der Waals surface area (Å²) in [5, 5.41) is 13.4. The average molecular weight is 602 g/mol. The zero-order valence-electron chi connectivity index (χ0n) is 24.3. The lowest BCUT2D eigenvalue weighted by Gasteiger charge is -2.26. The molecule has 0 spiro atoms. The van der Waals surface area contributed by atoms with E-state index in [2.05, 4.69) is 41.5 Å². The predicted octanol–water partition coefficient (Wildman–Crippen LogP) is 5.73. The number of hydrogen-bond donors (Lipinski definition) is 1. The Morgan fingerprint density at radius 3 is 2.71 bits per heavy atom. The first-order chi connectivity index (χ1) is 20.3. The molecule has 5 aromatic rings. The number of amides is 1. The Balaban J connectivity index is 1.33. The second kappa shape index (κ2) is 12.0. The van der Waals surface area contributed by atoms with Gasteiger partial charge in [0.15, 0.2) is 5.16 Å². The highest BCUT2D eigenvalue weighted by Gasteiger charge is 2.30. The van der Waals surface area contributed by atoms with E-state index in [0.29, 0.717) is 35.3 Å². The van der Waals surface area contributed by atoms with Crippen LogP contribution < -0.4 is 10.9 Å². The molecule has 1 aliphatic rings. The van der Waals surface area contributed by atoms with E-state index in [9.17, 15) is 9.59 Å². The first kappa shape index (κ1) is 28.6. The summed E-state index contributed by atoms with van der Waals surface area (Å²) >= 11 is 2.90. The molecule has 0 unspecified atom stereocenters. The quantitative estimate of drug-likeness (QED) is 0.217. The van der Waals surface area contributed by atoms with E-state index in [0.717, 1.165) is 39.4 Å². The van der Waals surface area contributed by atoms with E-state index in [1.165, 1.54) is 17.3 Å². The molecule has 10 heteroatoms. The Hall–Kier alpha value is -3.47.